The first-order chi connectivity index (χ1) is 10.7. The van der Waals surface area contributed by atoms with Gasteiger partial charge in [-0.05, 0) is 48.4 Å². The van der Waals surface area contributed by atoms with Gasteiger partial charge in [-0.15, -0.1) is 0 Å². The highest BCUT2D eigenvalue weighted by atomic mass is 35.5. The zero-order valence-corrected chi connectivity index (χ0v) is 14.7. The van der Waals surface area contributed by atoms with Gasteiger partial charge in [0.2, 0.25) is 10.0 Å². The molecule has 0 aliphatic rings. The Balaban J connectivity index is 2.02. The minimum atomic E-state index is -3.67. The molecule has 2 rings (SSSR count). The number of benzene rings is 2. The van der Waals surface area contributed by atoms with Crippen LogP contribution in [0.15, 0.2) is 58.3 Å². The molecule has 0 radical (unpaired) electrons. The van der Waals surface area contributed by atoms with E-state index in [0.29, 0.717) is 11.4 Å². The summed E-state index contributed by atoms with van der Waals surface area (Å²) in [7, 11) is -7.02. The molecule has 0 fully saturated rings. The van der Waals surface area contributed by atoms with Crippen LogP contribution in [0.3, 0.4) is 0 Å². The monoisotopic (exact) mass is 373 g/mol. The van der Waals surface area contributed by atoms with Crippen molar-refractivity contribution in [2.75, 3.05) is 12.8 Å². The van der Waals surface area contributed by atoms with Gasteiger partial charge in [-0.1, -0.05) is 23.7 Å². The molecule has 23 heavy (non-hydrogen) atoms. The van der Waals surface area contributed by atoms with E-state index in [2.05, 4.69) is 4.72 Å². The quantitative estimate of drug-likeness (QED) is 0.842. The third kappa shape index (κ3) is 5.04. The maximum absolute atomic E-state index is 12.2. The van der Waals surface area contributed by atoms with E-state index >= 15 is 0 Å². The number of sulfonamides is 1. The predicted molar refractivity (Wildman–Crippen MR) is 89.9 cm³/mol. The lowest BCUT2D eigenvalue weighted by Gasteiger charge is -2.07. The predicted octanol–water partition coefficient (Wildman–Crippen LogP) is 2.26. The van der Waals surface area contributed by atoms with E-state index in [1.54, 1.807) is 12.1 Å². The number of nitrogens with one attached hydrogen (secondary N) is 1. The molecule has 0 heterocycles. The number of halogens is 1. The lowest BCUT2D eigenvalue weighted by molar-refractivity contribution is 0.581. The van der Waals surface area contributed by atoms with Crippen LogP contribution in [0.5, 0.6) is 0 Å². The molecule has 0 saturated carbocycles. The molecule has 0 bridgehead atoms. The van der Waals surface area contributed by atoms with Gasteiger partial charge < -0.3 is 0 Å². The number of sulfone groups is 1. The average molecular weight is 374 g/mol. The first kappa shape index (κ1) is 17.9. The van der Waals surface area contributed by atoms with Crippen LogP contribution >= 0.6 is 11.6 Å². The van der Waals surface area contributed by atoms with Gasteiger partial charge in [0.05, 0.1) is 9.79 Å². The topological polar surface area (TPSA) is 80.3 Å². The number of hydrogen-bond acceptors (Lipinski definition) is 4. The Labute approximate surface area is 141 Å². The second-order valence-electron chi connectivity index (χ2n) is 5.02. The maximum Gasteiger partial charge on any atom is 0.240 e. The van der Waals surface area contributed by atoms with E-state index in [0.717, 1.165) is 11.8 Å². The molecule has 0 amide bonds. The molecule has 2 aromatic rings. The maximum atomic E-state index is 12.2. The number of hydrogen-bond donors (Lipinski definition) is 1. The second kappa shape index (κ2) is 7.00. The highest BCUT2D eigenvalue weighted by Gasteiger charge is 2.15. The van der Waals surface area contributed by atoms with E-state index < -0.39 is 19.9 Å². The SMILES string of the molecule is CS(=O)(=O)c1ccc(S(=O)(=O)NCCc2ccc(Cl)cc2)cc1. The highest BCUT2D eigenvalue weighted by Crippen LogP contribution is 2.14. The van der Waals surface area contributed by atoms with Crippen LogP contribution in [-0.2, 0) is 26.3 Å². The van der Waals surface area contributed by atoms with Gasteiger partial charge in [-0.2, -0.15) is 0 Å². The van der Waals surface area contributed by atoms with Gasteiger partial charge in [0.15, 0.2) is 9.84 Å². The van der Waals surface area contributed by atoms with Crippen molar-refractivity contribution in [2.45, 2.75) is 16.2 Å². The van der Waals surface area contributed by atoms with Crippen LogP contribution in [0.2, 0.25) is 5.02 Å². The molecule has 0 unspecified atom stereocenters. The van der Waals surface area contributed by atoms with Crippen molar-refractivity contribution >= 4 is 31.5 Å². The molecule has 2 aromatic carbocycles. The fourth-order valence-electron chi connectivity index (χ4n) is 1.93. The minimum absolute atomic E-state index is 0.0287. The van der Waals surface area contributed by atoms with Crippen LogP contribution in [-0.4, -0.2) is 29.6 Å². The summed E-state index contributed by atoms with van der Waals surface area (Å²) < 4.78 is 49.5. The van der Waals surface area contributed by atoms with Crippen LogP contribution in [0, 0.1) is 0 Å². The molecule has 0 atom stereocenters. The Morgan fingerprint density at radius 3 is 1.91 bits per heavy atom. The fraction of sp³-hybridized carbons (Fsp3) is 0.200. The van der Waals surface area contributed by atoms with Crippen molar-refractivity contribution < 1.29 is 16.8 Å². The lowest BCUT2D eigenvalue weighted by atomic mass is 10.2. The van der Waals surface area contributed by atoms with Crippen LogP contribution in [0.25, 0.3) is 0 Å². The van der Waals surface area contributed by atoms with Gasteiger partial charge in [0, 0.05) is 17.8 Å². The molecule has 5 nitrogen and oxygen atoms in total. The van der Waals surface area contributed by atoms with Crippen molar-refractivity contribution in [3.05, 3.63) is 59.1 Å². The van der Waals surface area contributed by atoms with E-state index in [1.807, 2.05) is 12.1 Å². The van der Waals surface area contributed by atoms with Gasteiger partial charge in [-0.25, -0.2) is 21.6 Å². The van der Waals surface area contributed by atoms with Crippen molar-refractivity contribution in [3.63, 3.8) is 0 Å². The van der Waals surface area contributed by atoms with Crippen LogP contribution < -0.4 is 4.72 Å². The van der Waals surface area contributed by atoms with E-state index in [9.17, 15) is 16.8 Å². The molecule has 0 saturated heterocycles. The van der Waals surface area contributed by atoms with E-state index in [-0.39, 0.29) is 16.3 Å². The Morgan fingerprint density at radius 2 is 1.39 bits per heavy atom. The third-order valence-corrected chi connectivity index (χ3v) is 6.04. The molecular formula is C15H16ClNO4S2. The van der Waals surface area contributed by atoms with Crippen molar-refractivity contribution in [2.24, 2.45) is 0 Å². The van der Waals surface area contributed by atoms with Gasteiger partial charge in [0.25, 0.3) is 0 Å². The summed E-state index contributed by atoms with van der Waals surface area (Å²) in [6.07, 6.45) is 1.60. The summed E-state index contributed by atoms with van der Waals surface area (Å²) in [6.45, 7) is 0.234. The normalized spacial score (nSPS) is 12.3. The smallest absolute Gasteiger partial charge is 0.224 e. The van der Waals surface area contributed by atoms with Gasteiger partial charge in [0.1, 0.15) is 0 Å². The summed E-state index contributed by atoms with van der Waals surface area (Å²) in [4.78, 5) is 0.110. The largest absolute Gasteiger partial charge is 0.240 e. The summed E-state index contributed by atoms with van der Waals surface area (Å²) in [5.74, 6) is 0. The standard InChI is InChI=1S/C15H16ClNO4S2/c1-22(18,19)14-6-8-15(9-7-14)23(20,21)17-11-10-12-2-4-13(16)5-3-12/h2-9,17H,10-11H2,1H3. The fourth-order valence-corrected chi connectivity index (χ4v) is 3.72. The lowest BCUT2D eigenvalue weighted by Crippen LogP contribution is -2.26. The van der Waals surface area contributed by atoms with Crippen molar-refractivity contribution in [1.29, 1.82) is 0 Å². The zero-order chi connectivity index (χ0) is 17.1. The molecule has 0 aliphatic heterocycles. The minimum Gasteiger partial charge on any atom is -0.224 e. The van der Waals surface area contributed by atoms with E-state index in [4.69, 9.17) is 11.6 Å². The third-order valence-electron chi connectivity index (χ3n) is 3.18. The van der Waals surface area contributed by atoms with Gasteiger partial charge >= 0.3 is 0 Å². The van der Waals surface area contributed by atoms with E-state index in [1.165, 1.54) is 24.3 Å². The molecule has 0 aromatic heterocycles. The first-order valence-corrected chi connectivity index (χ1v) is 10.5. The summed E-state index contributed by atoms with van der Waals surface area (Å²) >= 11 is 5.79. The summed E-state index contributed by atoms with van der Waals surface area (Å²) in [6, 6.07) is 12.3. The molecule has 124 valence electrons. The average Bonchev–Trinajstić information content (AvgIpc) is 2.48. The summed E-state index contributed by atoms with van der Waals surface area (Å²) in [5.41, 5.74) is 0.963. The Hall–Kier alpha value is -1.41. The highest BCUT2D eigenvalue weighted by molar-refractivity contribution is 7.90. The molecular weight excluding hydrogens is 358 g/mol. The Kier molecular flexibility index (Phi) is 5.46. The number of rotatable bonds is 6. The van der Waals surface area contributed by atoms with Crippen molar-refractivity contribution in [3.8, 4) is 0 Å². The first-order valence-electron chi connectivity index (χ1n) is 6.73. The van der Waals surface area contributed by atoms with Gasteiger partial charge in [-0.3, -0.25) is 0 Å². The van der Waals surface area contributed by atoms with Crippen LogP contribution in [0.4, 0.5) is 0 Å². The Morgan fingerprint density at radius 1 is 0.870 bits per heavy atom. The molecule has 1 N–H and O–H groups in total. The van der Waals surface area contributed by atoms with Crippen molar-refractivity contribution in [1.82, 2.24) is 4.72 Å². The molecule has 8 heteroatoms. The summed E-state index contributed by atoms with van der Waals surface area (Å²) in [5, 5.41) is 0.625. The second-order valence-corrected chi connectivity index (χ2v) is 9.24. The Bertz CT molecular complexity index is 874. The molecule has 0 spiro atoms. The van der Waals surface area contributed by atoms with Crippen LogP contribution in [0.1, 0.15) is 5.56 Å². The zero-order valence-electron chi connectivity index (χ0n) is 12.4. The molecule has 0 aliphatic carbocycles.